The van der Waals surface area contributed by atoms with Crippen molar-refractivity contribution in [2.75, 3.05) is 18.1 Å². The molecule has 0 aromatic carbocycles. The predicted octanol–water partition coefficient (Wildman–Crippen LogP) is 0.933. The molecule has 1 atom stereocenters. The van der Waals surface area contributed by atoms with Crippen molar-refractivity contribution >= 4 is 10.6 Å². The van der Waals surface area contributed by atoms with Crippen LogP contribution in [-0.2, 0) is 0 Å². The van der Waals surface area contributed by atoms with E-state index in [0.29, 0.717) is 18.1 Å². The van der Waals surface area contributed by atoms with Crippen molar-refractivity contribution in [2.45, 2.75) is 12.5 Å². The minimum Gasteiger partial charge on any atom is -0.312 e. The van der Waals surface area contributed by atoms with Gasteiger partial charge >= 0.3 is 0 Å². The van der Waals surface area contributed by atoms with Crippen LogP contribution in [0.1, 0.15) is 6.42 Å². The van der Waals surface area contributed by atoms with Gasteiger partial charge in [0.15, 0.2) is 0 Å². The maximum atomic E-state index is 9.17. The van der Waals surface area contributed by atoms with Crippen molar-refractivity contribution in [3.05, 3.63) is 6.92 Å². The Morgan fingerprint density at radius 1 is 1.60 bits per heavy atom. The summed E-state index contributed by atoms with van der Waals surface area (Å²) in [6.07, 6.45) is 0.873. The summed E-state index contributed by atoms with van der Waals surface area (Å²) < 4.78 is 18.3. The normalized spacial score (nSPS) is 34.1. The van der Waals surface area contributed by atoms with E-state index in [9.17, 15) is 0 Å². The Bertz CT molecular complexity index is 118. The molecule has 1 aliphatic heterocycles. The summed E-state index contributed by atoms with van der Waals surface area (Å²) >= 11 is 0. The Kier molecular flexibility index (Phi) is 2.57. The molecule has 0 aliphatic carbocycles. The highest BCUT2D eigenvalue weighted by atomic mass is 32.3. The van der Waals surface area contributed by atoms with Gasteiger partial charge in [-0.25, -0.2) is 0 Å². The number of hydrogen-bond acceptors (Lipinski definition) is 3. The Morgan fingerprint density at radius 3 is 2.70 bits per heavy atom. The summed E-state index contributed by atoms with van der Waals surface area (Å²) in [4.78, 5) is 0. The first-order chi connectivity index (χ1) is 4.64. The van der Waals surface area contributed by atoms with Crippen molar-refractivity contribution in [1.82, 2.24) is 5.32 Å². The molecule has 0 amide bonds. The van der Waals surface area contributed by atoms with Gasteiger partial charge in [-0.05, 0) is 19.9 Å². The summed E-state index contributed by atoms with van der Waals surface area (Å²) in [6.45, 7) is 4.30. The third kappa shape index (κ3) is 2.12. The molecule has 61 valence electrons. The smallest absolute Gasteiger partial charge is 0.0528 e. The van der Waals surface area contributed by atoms with E-state index in [2.05, 4.69) is 12.2 Å². The van der Waals surface area contributed by atoms with Gasteiger partial charge in [-0.2, -0.15) is 10.6 Å². The second-order valence-electron chi connectivity index (χ2n) is 2.61. The highest BCUT2D eigenvalue weighted by Gasteiger charge is 2.26. The van der Waals surface area contributed by atoms with Gasteiger partial charge in [0.2, 0.25) is 0 Å². The third-order valence-electron chi connectivity index (χ3n) is 1.69. The van der Waals surface area contributed by atoms with Gasteiger partial charge in [0.1, 0.15) is 0 Å². The molecule has 1 rings (SSSR count). The van der Waals surface area contributed by atoms with Gasteiger partial charge in [0, 0.05) is 11.8 Å². The van der Waals surface area contributed by atoms with E-state index in [-0.39, 0.29) is 6.04 Å². The Hall–Kier alpha value is 0.230. The molecule has 0 saturated carbocycles. The molecule has 3 N–H and O–H groups in total. The van der Waals surface area contributed by atoms with Crippen LogP contribution >= 0.6 is 10.6 Å². The second-order valence-corrected chi connectivity index (χ2v) is 4.96. The molecule has 1 heterocycles. The molecule has 1 saturated heterocycles. The molecule has 0 spiro atoms. The van der Waals surface area contributed by atoms with Crippen LogP contribution in [-0.4, -0.2) is 33.2 Å². The second kappa shape index (κ2) is 3.09. The molecule has 1 radical (unpaired) electrons. The van der Waals surface area contributed by atoms with Gasteiger partial charge in [-0.15, -0.1) is 0 Å². The molecule has 1 fully saturated rings. The van der Waals surface area contributed by atoms with Crippen molar-refractivity contribution in [3.63, 3.8) is 0 Å². The van der Waals surface area contributed by atoms with Crippen LogP contribution < -0.4 is 5.32 Å². The Balaban J connectivity index is 2.29. The number of hydrogen-bond donors (Lipinski definition) is 3. The average molecular weight is 164 g/mol. The van der Waals surface area contributed by atoms with Crippen LogP contribution in [0.4, 0.5) is 0 Å². The summed E-state index contributed by atoms with van der Waals surface area (Å²) in [5.74, 6) is 1.08. The van der Waals surface area contributed by atoms with Crippen molar-refractivity contribution < 1.29 is 9.11 Å². The van der Waals surface area contributed by atoms with Crippen LogP contribution in [0.2, 0.25) is 0 Å². The minimum absolute atomic E-state index is 0.280. The van der Waals surface area contributed by atoms with E-state index in [4.69, 9.17) is 9.11 Å². The minimum atomic E-state index is -2.21. The molecule has 3 nitrogen and oxygen atoms in total. The van der Waals surface area contributed by atoms with Crippen LogP contribution in [0.25, 0.3) is 0 Å². The van der Waals surface area contributed by atoms with Gasteiger partial charge in [-0.3, -0.25) is 9.11 Å². The first kappa shape index (κ1) is 8.33. The van der Waals surface area contributed by atoms with E-state index < -0.39 is 10.6 Å². The first-order valence-corrected chi connectivity index (χ1v) is 5.29. The molecular weight excluding hydrogens is 150 g/mol. The summed E-state index contributed by atoms with van der Waals surface area (Å²) in [5.41, 5.74) is 0. The SMILES string of the molecule is [CH2]CNC1CCS(O)(O)C1. The molecule has 0 aromatic rings. The van der Waals surface area contributed by atoms with Gasteiger partial charge < -0.3 is 5.32 Å². The van der Waals surface area contributed by atoms with E-state index in [1.54, 1.807) is 0 Å². The molecule has 10 heavy (non-hydrogen) atoms. The zero-order chi connectivity index (χ0) is 7.61. The zero-order valence-corrected chi connectivity index (χ0v) is 6.73. The zero-order valence-electron chi connectivity index (χ0n) is 5.92. The lowest BCUT2D eigenvalue weighted by Crippen LogP contribution is -2.29. The standard InChI is InChI=1S/C6H14NO2S/c1-2-7-6-3-4-10(8,9)5-6/h6-9H,1-5H2. The quantitative estimate of drug-likeness (QED) is 0.569. The fraction of sp³-hybridized carbons (Fsp3) is 0.833. The van der Waals surface area contributed by atoms with Crippen molar-refractivity contribution in [3.8, 4) is 0 Å². The summed E-state index contributed by atoms with van der Waals surface area (Å²) in [6, 6.07) is 0.280. The van der Waals surface area contributed by atoms with Crippen molar-refractivity contribution in [1.29, 1.82) is 0 Å². The monoisotopic (exact) mass is 164 g/mol. The highest BCUT2D eigenvalue weighted by molar-refractivity contribution is 8.24. The Labute approximate surface area is 63.2 Å². The van der Waals surface area contributed by atoms with Crippen LogP contribution in [0.3, 0.4) is 0 Å². The van der Waals surface area contributed by atoms with E-state index in [1.807, 2.05) is 0 Å². The average Bonchev–Trinajstić information content (AvgIpc) is 2.12. The molecule has 1 unspecified atom stereocenters. The lowest BCUT2D eigenvalue weighted by molar-refractivity contribution is 0.492. The van der Waals surface area contributed by atoms with Crippen LogP contribution in [0.5, 0.6) is 0 Å². The summed E-state index contributed by atoms with van der Waals surface area (Å²) in [7, 11) is -2.21. The maximum absolute atomic E-state index is 9.17. The van der Waals surface area contributed by atoms with Crippen molar-refractivity contribution in [2.24, 2.45) is 0 Å². The molecule has 1 aliphatic rings. The van der Waals surface area contributed by atoms with Crippen LogP contribution in [0, 0.1) is 6.92 Å². The van der Waals surface area contributed by atoms with E-state index in [0.717, 1.165) is 6.42 Å². The number of rotatable bonds is 2. The highest BCUT2D eigenvalue weighted by Crippen LogP contribution is 2.45. The topological polar surface area (TPSA) is 52.5 Å². The van der Waals surface area contributed by atoms with Gasteiger partial charge in [0.05, 0.1) is 5.75 Å². The van der Waals surface area contributed by atoms with E-state index in [1.165, 1.54) is 0 Å². The Morgan fingerprint density at radius 2 is 2.30 bits per heavy atom. The lowest BCUT2D eigenvalue weighted by Gasteiger charge is -2.25. The van der Waals surface area contributed by atoms with Gasteiger partial charge in [0.25, 0.3) is 0 Å². The largest absolute Gasteiger partial charge is 0.312 e. The number of nitrogens with one attached hydrogen (secondary N) is 1. The van der Waals surface area contributed by atoms with E-state index >= 15 is 0 Å². The molecule has 0 aromatic heterocycles. The molecule has 0 bridgehead atoms. The predicted molar refractivity (Wildman–Crippen MR) is 44.3 cm³/mol. The lowest BCUT2D eigenvalue weighted by atomic mass is 10.3. The fourth-order valence-electron chi connectivity index (χ4n) is 1.18. The first-order valence-electron chi connectivity index (χ1n) is 3.40. The third-order valence-corrected chi connectivity index (χ3v) is 3.52. The van der Waals surface area contributed by atoms with Crippen LogP contribution in [0.15, 0.2) is 0 Å². The van der Waals surface area contributed by atoms with Gasteiger partial charge in [-0.1, -0.05) is 0 Å². The molecular formula is C6H14NO2S. The fourth-order valence-corrected chi connectivity index (χ4v) is 2.94. The summed E-state index contributed by atoms with van der Waals surface area (Å²) in [5, 5.41) is 3.09. The molecule has 4 heteroatoms. The maximum Gasteiger partial charge on any atom is 0.0528 e.